The van der Waals surface area contributed by atoms with Gasteiger partial charge >= 0.3 is 5.97 Å². The number of nitrogens with one attached hydrogen (secondary N) is 1. The first-order valence-corrected chi connectivity index (χ1v) is 3.72. The highest BCUT2D eigenvalue weighted by Gasteiger charge is 2.47. The third kappa shape index (κ3) is 0.669. The van der Waals surface area contributed by atoms with Gasteiger partial charge < -0.3 is 10.4 Å². The van der Waals surface area contributed by atoms with Gasteiger partial charge in [0.1, 0.15) is 0 Å². The molecule has 0 aromatic heterocycles. The van der Waals surface area contributed by atoms with Crippen LogP contribution in [-0.4, -0.2) is 24.2 Å². The zero-order valence-corrected chi connectivity index (χ0v) is 5.71. The monoisotopic (exact) mass is 141 g/mol. The Kier molecular flexibility index (Phi) is 1.20. The second-order valence-corrected chi connectivity index (χ2v) is 3.26. The molecule has 0 bridgehead atoms. The van der Waals surface area contributed by atoms with Crippen molar-refractivity contribution in [1.29, 1.82) is 0 Å². The predicted molar refractivity (Wildman–Crippen MR) is 35.6 cm³/mol. The molecule has 0 spiro atoms. The number of hydrogen-bond acceptors (Lipinski definition) is 2. The van der Waals surface area contributed by atoms with E-state index in [0.29, 0.717) is 11.8 Å². The van der Waals surface area contributed by atoms with Gasteiger partial charge in [0, 0.05) is 0 Å². The molecule has 2 fully saturated rings. The van der Waals surface area contributed by atoms with Gasteiger partial charge in [-0.1, -0.05) is 0 Å². The summed E-state index contributed by atoms with van der Waals surface area (Å²) in [5.74, 6) is 0.462. The van der Waals surface area contributed by atoms with E-state index in [9.17, 15) is 4.79 Å². The van der Waals surface area contributed by atoms with E-state index in [1.165, 1.54) is 0 Å². The Hall–Kier alpha value is -0.570. The van der Waals surface area contributed by atoms with Gasteiger partial charge in [-0.05, 0) is 31.3 Å². The van der Waals surface area contributed by atoms with Crippen LogP contribution >= 0.6 is 0 Å². The molecule has 2 rings (SSSR count). The minimum Gasteiger partial charge on any atom is -0.481 e. The van der Waals surface area contributed by atoms with Gasteiger partial charge in [-0.3, -0.25) is 4.79 Å². The van der Waals surface area contributed by atoms with E-state index in [-0.39, 0.29) is 5.92 Å². The third-order valence-corrected chi connectivity index (χ3v) is 2.78. The van der Waals surface area contributed by atoms with Gasteiger partial charge in [0.2, 0.25) is 0 Å². The van der Waals surface area contributed by atoms with Crippen LogP contribution in [-0.2, 0) is 4.79 Å². The molecule has 1 saturated carbocycles. The summed E-state index contributed by atoms with van der Waals surface area (Å²) in [5.41, 5.74) is 0. The smallest absolute Gasteiger partial charge is 0.306 e. The Morgan fingerprint density at radius 2 is 2.30 bits per heavy atom. The molecule has 0 aromatic carbocycles. The number of rotatable bonds is 1. The van der Waals surface area contributed by atoms with Gasteiger partial charge in [-0.15, -0.1) is 0 Å². The summed E-state index contributed by atoms with van der Waals surface area (Å²) in [5, 5.41) is 11.9. The van der Waals surface area contributed by atoms with Crippen LogP contribution in [0.25, 0.3) is 0 Å². The summed E-state index contributed by atoms with van der Waals surface area (Å²) >= 11 is 0. The topological polar surface area (TPSA) is 49.3 Å². The van der Waals surface area contributed by atoms with Crippen molar-refractivity contribution in [1.82, 2.24) is 5.32 Å². The van der Waals surface area contributed by atoms with Gasteiger partial charge in [-0.25, -0.2) is 0 Å². The van der Waals surface area contributed by atoms with Crippen LogP contribution < -0.4 is 5.32 Å². The summed E-state index contributed by atoms with van der Waals surface area (Å²) in [6, 6.07) is 0. The Labute approximate surface area is 59.4 Å². The highest BCUT2D eigenvalue weighted by Crippen LogP contribution is 2.42. The van der Waals surface area contributed by atoms with Crippen molar-refractivity contribution < 1.29 is 9.90 Å². The van der Waals surface area contributed by atoms with E-state index >= 15 is 0 Å². The number of hydrogen-bond donors (Lipinski definition) is 2. The van der Waals surface area contributed by atoms with Crippen LogP contribution in [0.3, 0.4) is 0 Å². The summed E-state index contributed by atoms with van der Waals surface area (Å²) in [7, 11) is 0. The molecule has 3 heteroatoms. The van der Waals surface area contributed by atoms with E-state index in [1.807, 2.05) is 0 Å². The summed E-state index contributed by atoms with van der Waals surface area (Å²) in [6.07, 6.45) is 0.896. The predicted octanol–water partition coefficient (Wildman–Crippen LogP) is -0.0735. The molecule has 0 radical (unpaired) electrons. The molecule has 1 aliphatic heterocycles. The SMILES string of the molecule is O=C(O)C1CC2CNCC21. The molecule has 0 aromatic rings. The van der Waals surface area contributed by atoms with Gasteiger partial charge in [0.05, 0.1) is 5.92 Å². The quantitative estimate of drug-likeness (QED) is 0.537. The first kappa shape index (κ1) is 6.16. The lowest BCUT2D eigenvalue weighted by Gasteiger charge is -2.36. The molecule has 2 N–H and O–H groups in total. The Morgan fingerprint density at radius 3 is 2.90 bits per heavy atom. The van der Waals surface area contributed by atoms with Crippen LogP contribution in [0.5, 0.6) is 0 Å². The number of carboxylic acid groups (broad SMARTS) is 1. The molecule has 3 atom stereocenters. The van der Waals surface area contributed by atoms with Crippen molar-refractivity contribution in [3.63, 3.8) is 0 Å². The lowest BCUT2D eigenvalue weighted by atomic mass is 9.67. The first-order valence-electron chi connectivity index (χ1n) is 3.72. The van der Waals surface area contributed by atoms with E-state index in [2.05, 4.69) is 5.32 Å². The van der Waals surface area contributed by atoms with E-state index in [1.54, 1.807) is 0 Å². The van der Waals surface area contributed by atoms with Gasteiger partial charge in [0.25, 0.3) is 0 Å². The van der Waals surface area contributed by atoms with E-state index in [4.69, 9.17) is 5.11 Å². The van der Waals surface area contributed by atoms with E-state index < -0.39 is 5.97 Å². The average molecular weight is 141 g/mol. The van der Waals surface area contributed by atoms with Crippen LogP contribution in [0.1, 0.15) is 6.42 Å². The number of carbonyl (C=O) groups is 1. The average Bonchev–Trinajstić information content (AvgIpc) is 2.11. The fraction of sp³-hybridized carbons (Fsp3) is 0.857. The van der Waals surface area contributed by atoms with Crippen molar-refractivity contribution in [2.24, 2.45) is 17.8 Å². The van der Waals surface area contributed by atoms with Crippen molar-refractivity contribution in [3.05, 3.63) is 0 Å². The molecular formula is C7H11NO2. The zero-order chi connectivity index (χ0) is 7.14. The second-order valence-electron chi connectivity index (χ2n) is 3.26. The molecule has 10 heavy (non-hydrogen) atoms. The summed E-state index contributed by atoms with van der Waals surface area (Å²) < 4.78 is 0. The Morgan fingerprint density at radius 1 is 1.50 bits per heavy atom. The maximum absolute atomic E-state index is 10.5. The normalized spacial score (nSPS) is 44.2. The molecule has 0 amide bonds. The molecule has 1 saturated heterocycles. The Balaban J connectivity index is 2.00. The first-order chi connectivity index (χ1) is 4.79. The minimum absolute atomic E-state index is 0.0417. The van der Waals surface area contributed by atoms with Crippen LogP contribution in [0, 0.1) is 17.8 Å². The lowest BCUT2D eigenvalue weighted by Crippen LogP contribution is -2.40. The maximum atomic E-state index is 10.5. The highest BCUT2D eigenvalue weighted by molar-refractivity contribution is 5.71. The van der Waals surface area contributed by atoms with Gasteiger partial charge in [0.15, 0.2) is 0 Å². The largest absolute Gasteiger partial charge is 0.481 e. The van der Waals surface area contributed by atoms with Gasteiger partial charge in [-0.2, -0.15) is 0 Å². The molecule has 1 aliphatic carbocycles. The third-order valence-electron chi connectivity index (χ3n) is 2.78. The molecule has 56 valence electrons. The molecule has 3 unspecified atom stereocenters. The maximum Gasteiger partial charge on any atom is 0.306 e. The lowest BCUT2D eigenvalue weighted by molar-refractivity contribution is -0.149. The summed E-state index contributed by atoms with van der Waals surface area (Å²) in [6.45, 7) is 1.95. The Bertz CT molecular complexity index is 169. The molecular weight excluding hydrogens is 130 g/mol. The summed E-state index contributed by atoms with van der Waals surface area (Å²) in [4.78, 5) is 10.5. The fourth-order valence-electron chi connectivity index (χ4n) is 2.07. The molecule has 3 nitrogen and oxygen atoms in total. The molecule has 1 heterocycles. The number of aliphatic carboxylic acids is 1. The van der Waals surface area contributed by atoms with Crippen molar-refractivity contribution in [3.8, 4) is 0 Å². The van der Waals surface area contributed by atoms with Crippen LogP contribution in [0.15, 0.2) is 0 Å². The standard InChI is InChI=1S/C7H11NO2/c9-7(10)5-1-4-2-8-3-6(4)5/h4-6,8H,1-3H2,(H,9,10). The molecule has 2 aliphatic rings. The zero-order valence-electron chi connectivity index (χ0n) is 5.71. The van der Waals surface area contributed by atoms with Crippen molar-refractivity contribution in [2.45, 2.75) is 6.42 Å². The van der Waals surface area contributed by atoms with E-state index in [0.717, 1.165) is 19.5 Å². The fourth-order valence-corrected chi connectivity index (χ4v) is 2.07. The van der Waals surface area contributed by atoms with Crippen molar-refractivity contribution in [2.75, 3.05) is 13.1 Å². The minimum atomic E-state index is -0.607. The second kappa shape index (κ2) is 1.95. The number of carboxylic acids is 1. The highest BCUT2D eigenvalue weighted by atomic mass is 16.4. The van der Waals surface area contributed by atoms with Crippen molar-refractivity contribution >= 4 is 5.97 Å². The van der Waals surface area contributed by atoms with Crippen LogP contribution in [0.4, 0.5) is 0 Å². The number of fused-ring (bicyclic) bond motifs is 1. The van der Waals surface area contributed by atoms with Crippen LogP contribution in [0.2, 0.25) is 0 Å².